The van der Waals surface area contributed by atoms with Crippen molar-refractivity contribution in [1.29, 1.82) is 0 Å². The Hall–Kier alpha value is -0.750. The zero-order chi connectivity index (χ0) is 13.7. The van der Waals surface area contributed by atoms with Crippen molar-refractivity contribution in [3.05, 3.63) is 16.1 Å². The fraction of sp³-hybridized carbons (Fsp3) is 0.692. The molecule has 1 saturated heterocycles. The molecule has 106 valence electrons. The third-order valence-corrected chi connectivity index (χ3v) is 5.70. The first-order valence-electron chi connectivity index (χ1n) is 6.61. The van der Waals surface area contributed by atoms with Gasteiger partial charge in [0.1, 0.15) is 0 Å². The number of rotatable bonds is 4. The van der Waals surface area contributed by atoms with Gasteiger partial charge in [-0.1, -0.05) is 0 Å². The third-order valence-electron chi connectivity index (χ3n) is 3.25. The van der Waals surface area contributed by atoms with Gasteiger partial charge in [0.05, 0.1) is 11.6 Å². The summed E-state index contributed by atoms with van der Waals surface area (Å²) in [6, 6.07) is 0. The molecule has 1 aliphatic heterocycles. The minimum absolute atomic E-state index is 0.360. The van der Waals surface area contributed by atoms with Crippen molar-refractivity contribution in [2.45, 2.75) is 38.0 Å². The van der Waals surface area contributed by atoms with E-state index in [4.69, 9.17) is 0 Å². The number of aromatic nitrogens is 1. The van der Waals surface area contributed by atoms with Gasteiger partial charge < -0.3 is 10.6 Å². The molecule has 0 amide bonds. The van der Waals surface area contributed by atoms with Crippen molar-refractivity contribution >= 4 is 29.1 Å². The topological polar surface area (TPSA) is 49.3 Å². The van der Waals surface area contributed by atoms with Crippen LogP contribution in [0, 0.1) is 6.92 Å². The minimum atomic E-state index is 0.360. The lowest BCUT2D eigenvalue weighted by atomic mass is 10.1. The van der Waals surface area contributed by atoms with Gasteiger partial charge in [-0.3, -0.25) is 4.99 Å². The van der Waals surface area contributed by atoms with E-state index >= 15 is 0 Å². The predicted molar refractivity (Wildman–Crippen MR) is 85.1 cm³/mol. The summed E-state index contributed by atoms with van der Waals surface area (Å²) in [5.41, 5.74) is 0. The molecule has 0 saturated carbocycles. The third kappa shape index (κ3) is 4.38. The number of hydrogen-bond donors (Lipinski definition) is 2. The van der Waals surface area contributed by atoms with E-state index in [0.29, 0.717) is 4.75 Å². The molecule has 1 unspecified atom stereocenters. The van der Waals surface area contributed by atoms with Gasteiger partial charge in [0.15, 0.2) is 5.96 Å². The lowest BCUT2D eigenvalue weighted by molar-refractivity contribution is 0.585. The normalized spacial score (nSPS) is 23.6. The molecule has 1 aromatic rings. The molecule has 0 aliphatic carbocycles. The molecule has 1 aliphatic rings. The van der Waals surface area contributed by atoms with Gasteiger partial charge >= 0.3 is 0 Å². The number of nitrogens with one attached hydrogen (secondary N) is 2. The number of aliphatic imine (C=N–C) groups is 1. The van der Waals surface area contributed by atoms with Crippen LogP contribution in [0.15, 0.2) is 11.2 Å². The highest BCUT2D eigenvalue weighted by molar-refractivity contribution is 8.00. The van der Waals surface area contributed by atoms with Crippen molar-refractivity contribution in [1.82, 2.24) is 15.6 Å². The summed E-state index contributed by atoms with van der Waals surface area (Å²) in [6.45, 7) is 6.12. The second kappa shape index (κ2) is 6.61. The van der Waals surface area contributed by atoms with Gasteiger partial charge in [-0.15, -0.1) is 11.3 Å². The zero-order valence-electron chi connectivity index (χ0n) is 11.8. The van der Waals surface area contributed by atoms with Gasteiger partial charge in [0, 0.05) is 29.4 Å². The fourth-order valence-corrected chi connectivity index (χ4v) is 4.10. The first-order valence-corrected chi connectivity index (χ1v) is 8.41. The van der Waals surface area contributed by atoms with E-state index < -0.39 is 0 Å². The summed E-state index contributed by atoms with van der Waals surface area (Å²) in [5, 5.41) is 7.88. The van der Waals surface area contributed by atoms with Crippen LogP contribution in [0.1, 0.15) is 29.7 Å². The summed E-state index contributed by atoms with van der Waals surface area (Å²) in [4.78, 5) is 9.76. The van der Waals surface area contributed by atoms with Crippen LogP contribution < -0.4 is 10.6 Å². The lowest BCUT2D eigenvalue weighted by Crippen LogP contribution is -2.43. The Morgan fingerprint density at radius 3 is 2.95 bits per heavy atom. The molecule has 0 spiro atoms. The largest absolute Gasteiger partial charge is 0.355 e. The average molecular weight is 298 g/mol. The molecule has 4 nitrogen and oxygen atoms in total. The molecular weight excluding hydrogens is 276 g/mol. The molecule has 0 aromatic carbocycles. The van der Waals surface area contributed by atoms with E-state index in [2.05, 4.69) is 39.3 Å². The van der Waals surface area contributed by atoms with Crippen LogP contribution in [0.3, 0.4) is 0 Å². The second-order valence-electron chi connectivity index (χ2n) is 5.03. The zero-order valence-corrected chi connectivity index (χ0v) is 13.5. The van der Waals surface area contributed by atoms with E-state index in [1.807, 2.05) is 20.2 Å². The van der Waals surface area contributed by atoms with Crippen molar-refractivity contribution in [3.8, 4) is 0 Å². The fourth-order valence-electron chi connectivity index (χ4n) is 2.13. The number of thiazole rings is 1. The van der Waals surface area contributed by atoms with Crippen LogP contribution in [-0.4, -0.2) is 35.0 Å². The van der Waals surface area contributed by atoms with Crippen molar-refractivity contribution in [2.75, 3.05) is 19.3 Å². The maximum Gasteiger partial charge on any atom is 0.191 e. The molecule has 1 aromatic heterocycles. The van der Waals surface area contributed by atoms with Crippen LogP contribution >= 0.6 is 23.1 Å². The molecule has 2 heterocycles. The summed E-state index contributed by atoms with van der Waals surface area (Å²) in [7, 11) is 1.82. The summed E-state index contributed by atoms with van der Waals surface area (Å²) >= 11 is 3.78. The molecule has 2 rings (SSSR count). The predicted octanol–water partition coefficient (Wildman–Crippen LogP) is 2.40. The van der Waals surface area contributed by atoms with Gasteiger partial charge in [-0.05, 0) is 32.4 Å². The highest BCUT2D eigenvalue weighted by Crippen LogP contribution is 2.36. The van der Waals surface area contributed by atoms with Crippen molar-refractivity contribution in [2.24, 2.45) is 4.99 Å². The standard InChI is InChI=1S/C13H22N4S2/c1-10-15-7-11(19-10)8-16-12(14-3)17-9-13(2)5-4-6-18-13/h7H,4-6,8-9H2,1-3H3,(H2,14,16,17). The van der Waals surface area contributed by atoms with Crippen LogP contribution in [0.25, 0.3) is 0 Å². The first-order chi connectivity index (χ1) is 9.11. The Balaban J connectivity index is 1.77. The minimum Gasteiger partial charge on any atom is -0.355 e. The summed E-state index contributed by atoms with van der Waals surface area (Å²) < 4.78 is 0.360. The monoisotopic (exact) mass is 298 g/mol. The maximum absolute atomic E-state index is 4.27. The Bertz CT molecular complexity index is 436. The highest BCUT2D eigenvalue weighted by atomic mass is 32.2. The molecule has 1 atom stereocenters. The highest BCUT2D eigenvalue weighted by Gasteiger charge is 2.29. The maximum atomic E-state index is 4.27. The van der Waals surface area contributed by atoms with Gasteiger partial charge in [-0.25, -0.2) is 4.98 Å². The number of thioether (sulfide) groups is 1. The quantitative estimate of drug-likeness (QED) is 0.662. The summed E-state index contributed by atoms with van der Waals surface area (Å²) in [6.07, 6.45) is 4.54. The van der Waals surface area contributed by atoms with Crippen LogP contribution in [-0.2, 0) is 6.54 Å². The number of nitrogens with zero attached hydrogens (tertiary/aromatic N) is 2. The first kappa shape index (κ1) is 14.7. The molecule has 6 heteroatoms. The number of guanidine groups is 1. The van der Waals surface area contributed by atoms with Crippen molar-refractivity contribution < 1.29 is 0 Å². The second-order valence-corrected chi connectivity index (χ2v) is 8.03. The Morgan fingerprint density at radius 2 is 2.37 bits per heavy atom. The molecule has 0 bridgehead atoms. The molecule has 0 radical (unpaired) electrons. The van der Waals surface area contributed by atoms with E-state index in [0.717, 1.165) is 24.1 Å². The Morgan fingerprint density at radius 1 is 1.53 bits per heavy atom. The van der Waals surface area contributed by atoms with Gasteiger partial charge in [-0.2, -0.15) is 11.8 Å². The van der Waals surface area contributed by atoms with Crippen molar-refractivity contribution in [3.63, 3.8) is 0 Å². The average Bonchev–Trinajstić information content (AvgIpc) is 2.99. The van der Waals surface area contributed by atoms with E-state index in [9.17, 15) is 0 Å². The molecule has 2 N–H and O–H groups in total. The Kier molecular flexibility index (Phi) is 5.10. The lowest BCUT2D eigenvalue weighted by Gasteiger charge is -2.24. The Labute approximate surface area is 123 Å². The van der Waals surface area contributed by atoms with E-state index in [-0.39, 0.29) is 0 Å². The molecule has 19 heavy (non-hydrogen) atoms. The van der Waals surface area contributed by atoms with Crippen LogP contribution in [0.2, 0.25) is 0 Å². The smallest absolute Gasteiger partial charge is 0.191 e. The number of aryl methyl sites for hydroxylation is 1. The molecule has 1 fully saturated rings. The van der Waals surface area contributed by atoms with Gasteiger partial charge in [0.25, 0.3) is 0 Å². The van der Waals surface area contributed by atoms with E-state index in [1.165, 1.54) is 23.5 Å². The molecular formula is C13H22N4S2. The SMILES string of the molecule is CN=C(NCc1cnc(C)s1)NCC1(C)CCCS1. The summed E-state index contributed by atoms with van der Waals surface area (Å²) in [5.74, 6) is 2.16. The van der Waals surface area contributed by atoms with Crippen LogP contribution in [0.5, 0.6) is 0 Å². The van der Waals surface area contributed by atoms with E-state index in [1.54, 1.807) is 11.3 Å². The van der Waals surface area contributed by atoms with Gasteiger partial charge in [0.2, 0.25) is 0 Å². The number of hydrogen-bond acceptors (Lipinski definition) is 4. The van der Waals surface area contributed by atoms with Crippen LogP contribution in [0.4, 0.5) is 0 Å².